The van der Waals surface area contributed by atoms with Crippen LogP contribution in [0.4, 0.5) is 17.6 Å². The van der Waals surface area contributed by atoms with E-state index in [0.29, 0.717) is 0 Å². The molecular formula is C19H23N7OS. The van der Waals surface area contributed by atoms with Crippen LogP contribution in [-0.4, -0.2) is 72.4 Å². The lowest BCUT2D eigenvalue weighted by Gasteiger charge is -2.36. The van der Waals surface area contributed by atoms with Crippen molar-refractivity contribution >= 4 is 39.1 Å². The molecule has 3 aromatic rings. The molecule has 8 nitrogen and oxygen atoms in total. The van der Waals surface area contributed by atoms with Crippen LogP contribution in [0, 0.1) is 6.92 Å². The van der Waals surface area contributed by atoms with Crippen molar-refractivity contribution in [3.8, 4) is 0 Å². The quantitative estimate of drug-likeness (QED) is 0.664. The minimum Gasteiger partial charge on any atom is -0.378 e. The third-order valence-corrected chi connectivity index (χ3v) is 6.15. The molecule has 0 saturated carbocycles. The van der Waals surface area contributed by atoms with E-state index in [1.54, 1.807) is 17.7 Å². The monoisotopic (exact) mass is 397 g/mol. The average molecular weight is 398 g/mol. The van der Waals surface area contributed by atoms with Gasteiger partial charge in [-0.15, -0.1) is 11.3 Å². The Morgan fingerprint density at radius 3 is 2.54 bits per heavy atom. The molecule has 28 heavy (non-hydrogen) atoms. The Morgan fingerprint density at radius 1 is 0.929 bits per heavy atom. The van der Waals surface area contributed by atoms with Crippen molar-refractivity contribution in [2.45, 2.75) is 6.92 Å². The third kappa shape index (κ3) is 3.35. The minimum absolute atomic E-state index is 0.757. The second kappa shape index (κ2) is 7.48. The summed E-state index contributed by atoms with van der Waals surface area (Å²) in [6.45, 7) is 8.87. The highest BCUT2D eigenvalue weighted by Gasteiger charge is 2.23. The van der Waals surface area contributed by atoms with Crippen LogP contribution in [0.3, 0.4) is 0 Å². The predicted octanol–water partition coefficient (Wildman–Crippen LogP) is 1.95. The molecule has 0 aromatic carbocycles. The number of thiophene rings is 1. The van der Waals surface area contributed by atoms with Crippen molar-refractivity contribution in [1.29, 1.82) is 0 Å². The Hall–Kier alpha value is -2.52. The molecule has 0 amide bonds. The standard InChI is InChI=1S/C19H23N7OS/c1-14-12-16(24-7-9-27-10-8-24)23-19(22-14)26-5-3-25(4-6-26)18-17-15(2-11-28-17)20-13-21-18/h2,11-13H,3-10H2,1H3. The van der Waals surface area contributed by atoms with Crippen LogP contribution in [0.1, 0.15) is 5.69 Å². The SMILES string of the molecule is Cc1cc(N2CCOCC2)nc(N2CCN(c3ncnc4ccsc34)CC2)n1. The molecule has 5 rings (SSSR count). The van der Waals surface area contributed by atoms with E-state index in [-0.39, 0.29) is 0 Å². The van der Waals surface area contributed by atoms with Crippen LogP contribution >= 0.6 is 11.3 Å². The van der Waals surface area contributed by atoms with Crippen LogP contribution < -0.4 is 14.7 Å². The molecule has 0 spiro atoms. The van der Waals surface area contributed by atoms with Crippen molar-refractivity contribution in [2.75, 3.05) is 67.2 Å². The maximum Gasteiger partial charge on any atom is 0.227 e. The number of aromatic nitrogens is 4. The number of nitrogens with zero attached hydrogens (tertiary/aromatic N) is 7. The van der Waals surface area contributed by atoms with Crippen molar-refractivity contribution in [1.82, 2.24) is 19.9 Å². The van der Waals surface area contributed by atoms with E-state index < -0.39 is 0 Å². The second-order valence-electron chi connectivity index (χ2n) is 7.07. The third-order valence-electron chi connectivity index (χ3n) is 5.25. The number of aryl methyl sites for hydroxylation is 1. The number of fused-ring (bicyclic) bond motifs is 1. The zero-order valence-corrected chi connectivity index (χ0v) is 16.7. The first-order valence-corrected chi connectivity index (χ1v) is 10.5. The van der Waals surface area contributed by atoms with Gasteiger partial charge in [-0.3, -0.25) is 0 Å². The average Bonchev–Trinajstić information content (AvgIpc) is 3.23. The highest BCUT2D eigenvalue weighted by molar-refractivity contribution is 7.17. The number of hydrogen-bond acceptors (Lipinski definition) is 9. The number of morpholine rings is 1. The van der Waals surface area contributed by atoms with Gasteiger partial charge in [-0.1, -0.05) is 0 Å². The first-order valence-electron chi connectivity index (χ1n) is 9.64. The zero-order chi connectivity index (χ0) is 18.9. The Bertz CT molecular complexity index is 964. The normalized spacial score (nSPS) is 18.1. The van der Waals surface area contributed by atoms with Gasteiger partial charge in [0.15, 0.2) is 0 Å². The van der Waals surface area contributed by atoms with Gasteiger partial charge in [0.1, 0.15) is 18.0 Å². The van der Waals surface area contributed by atoms with Gasteiger partial charge < -0.3 is 19.4 Å². The minimum atomic E-state index is 0.757. The van der Waals surface area contributed by atoms with E-state index in [0.717, 1.165) is 86.0 Å². The summed E-state index contributed by atoms with van der Waals surface area (Å²) in [6, 6.07) is 4.12. The molecule has 9 heteroatoms. The summed E-state index contributed by atoms with van der Waals surface area (Å²) in [5, 5.41) is 2.08. The molecule has 2 saturated heterocycles. The molecule has 0 atom stereocenters. The summed E-state index contributed by atoms with van der Waals surface area (Å²) in [5.74, 6) is 2.87. The largest absolute Gasteiger partial charge is 0.378 e. The fraction of sp³-hybridized carbons (Fsp3) is 0.474. The molecular weight excluding hydrogens is 374 g/mol. The maximum absolute atomic E-state index is 5.47. The van der Waals surface area contributed by atoms with Crippen LogP contribution in [0.5, 0.6) is 0 Å². The second-order valence-corrected chi connectivity index (χ2v) is 7.99. The van der Waals surface area contributed by atoms with Crippen LogP contribution in [-0.2, 0) is 4.74 Å². The number of anilines is 3. The van der Waals surface area contributed by atoms with Crippen molar-refractivity contribution < 1.29 is 4.74 Å². The predicted molar refractivity (Wildman–Crippen MR) is 112 cm³/mol. The van der Waals surface area contributed by atoms with Gasteiger partial charge in [-0.2, -0.15) is 4.98 Å². The fourth-order valence-corrected chi connectivity index (χ4v) is 4.61. The molecule has 0 N–H and O–H groups in total. The summed E-state index contributed by atoms with van der Waals surface area (Å²) in [4.78, 5) is 25.4. The summed E-state index contributed by atoms with van der Waals surface area (Å²) in [7, 11) is 0. The Labute approximate surface area is 167 Å². The van der Waals surface area contributed by atoms with Gasteiger partial charge in [-0.05, 0) is 18.4 Å². The van der Waals surface area contributed by atoms with Gasteiger partial charge >= 0.3 is 0 Å². The lowest BCUT2D eigenvalue weighted by Crippen LogP contribution is -2.47. The first kappa shape index (κ1) is 17.6. The summed E-state index contributed by atoms with van der Waals surface area (Å²) < 4.78 is 6.63. The first-order chi connectivity index (χ1) is 13.8. The summed E-state index contributed by atoms with van der Waals surface area (Å²) in [5.41, 5.74) is 2.03. The molecule has 0 bridgehead atoms. The van der Waals surface area contributed by atoms with Crippen LogP contribution in [0.15, 0.2) is 23.8 Å². The number of rotatable bonds is 3. The van der Waals surface area contributed by atoms with Crippen molar-refractivity contribution in [2.24, 2.45) is 0 Å². The zero-order valence-electron chi connectivity index (χ0n) is 15.9. The van der Waals surface area contributed by atoms with Crippen molar-refractivity contribution in [3.63, 3.8) is 0 Å². The maximum atomic E-state index is 5.47. The highest BCUT2D eigenvalue weighted by Crippen LogP contribution is 2.29. The van der Waals surface area contributed by atoms with Gasteiger partial charge in [0.05, 0.1) is 23.4 Å². The number of hydrogen-bond donors (Lipinski definition) is 0. The van der Waals surface area contributed by atoms with E-state index in [2.05, 4.69) is 42.2 Å². The molecule has 0 radical (unpaired) electrons. The topological polar surface area (TPSA) is 70.5 Å². The molecule has 2 aliphatic rings. The Kier molecular flexibility index (Phi) is 4.69. The van der Waals surface area contributed by atoms with Crippen molar-refractivity contribution in [3.05, 3.63) is 29.5 Å². The molecule has 0 unspecified atom stereocenters. The van der Waals surface area contributed by atoms with Crippen LogP contribution in [0.2, 0.25) is 0 Å². The van der Waals surface area contributed by atoms with Gasteiger partial charge in [0.2, 0.25) is 5.95 Å². The van der Waals surface area contributed by atoms with Gasteiger partial charge in [0.25, 0.3) is 0 Å². The van der Waals surface area contributed by atoms with Gasteiger partial charge in [0, 0.05) is 51.0 Å². The lowest BCUT2D eigenvalue weighted by atomic mass is 10.3. The van der Waals surface area contributed by atoms with E-state index in [9.17, 15) is 0 Å². The van der Waals surface area contributed by atoms with Crippen LogP contribution in [0.25, 0.3) is 10.2 Å². The van der Waals surface area contributed by atoms with E-state index in [1.165, 1.54) is 0 Å². The Morgan fingerprint density at radius 2 is 1.71 bits per heavy atom. The lowest BCUT2D eigenvalue weighted by molar-refractivity contribution is 0.122. The Balaban J connectivity index is 1.33. The molecule has 2 fully saturated rings. The molecule has 146 valence electrons. The summed E-state index contributed by atoms with van der Waals surface area (Å²) >= 11 is 1.70. The van der Waals surface area contributed by atoms with E-state index in [4.69, 9.17) is 14.7 Å². The highest BCUT2D eigenvalue weighted by atomic mass is 32.1. The molecule has 0 aliphatic carbocycles. The smallest absolute Gasteiger partial charge is 0.227 e. The number of ether oxygens (including phenoxy) is 1. The molecule has 3 aromatic heterocycles. The fourth-order valence-electron chi connectivity index (χ4n) is 3.75. The summed E-state index contributed by atoms with van der Waals surface area (Å²) in [6.07, 6.45) is 1.66. The molecule has 5 heterocycles. The van der Waals surface area contributed by atoms with E-state index >= 15 is 0 Å². The van der Waals surface area contributed by atoms with Gasteiger partial charge in [-0.25, -0.2) is 15.0 Å². The number of piperazine rings is 1. The van der Waals surface area contributed by atoms with E-state index in [1.807, 2.05) is 6.92 Å². The molecule has 2 aliphatic heterocycles.